The molecule has 1 aromatic heterocycles. The lowest BCUT2D eigenvalue weighted by molar-refractivity contribution is -0.147. The van der Waals surface area contributed by atoms with E-state index in [1.165, 1.54) is 0 Å². The quantitative estimate of drug-likeness (QED) is 0.769. The van der Waals surface area contributed by atoms with E-state index in [-0.39, 0.29) is 12.5 Å². The molecule has 0 bridgehead atoms. The average molecular weight is 354 g/mol. The lowest BCUT2D eigenvalue weighted by atomic mass is 9.88. The standard InChI is InChI=1S/C18H30N2O5/c1-11(2)8-13(19-16(23)24-17(3,4)5)14-9-12(25-20-14)10-18(6,7)15(21)22/h9,11,13H,8,10H2,1-7H3,(H,19,23)(H,21,22). The third-order valence-electron chi connectivity index (χ3n) is 3.53. The predicted molar refractivity (Wildman–Crippen MR) is 93.2 cm³/mol. The first-order valence-electron chi connectivity index (χ1n) is 8.48. The topological polar surface area (TPSA) is 102 Å². The van der Waals surface area contributed by atoms with E-state index in [4.69, 9.17) is 9.26 Å². The summed E-state index contributed by atoms with van der Waals surface area (Å²) in [4.78, 5) is 23.3. The summed E-state index contributed by atoms with van der Waals surface area (Å²) in [5.41, 5.74) is -0.980. The highest BCUT2D eigenvalue weighted by atomic mass is 16.6. The van der Waals surface area contributed by atoms with Crippen molar-refractivity contribution in [1.82, 2.24) is 10.5 Å². The van der Waals surface area contributed by atoms with Crippen LogP contribution in [0.25, 0.3) is 0 Å². The molecule has 1 unspecified atom stereocenters. The Morgan fingerprint density at radius 2 is 1.88 bits per heavy atom. The van der Waals surface area contributed by atoms with Crippen molar-refractivity contribution in [1.29, 1.82) is 0 Å². The second-order valence-corrected chi connectivity index (χ2v) is 8.41. The molecule has 1 heterocycles. The molecule has 7 heteroatoms. The van der Waals surface area contributed by atoms with Crippen LogP contribution < -0.4 is 5.32 Å². The minimum Gasteiger partial charge on any atom is -0.481 e. The Bertz CT molecular complexity index is 599. The number of carbonyl (C=O) groups is 2. The number of nitrogens with zero attached hydrogens (tertiary/aromatic N) is 1. The van der Waals surface area contributed by atoms with Crippen LogP contribution in [0, 0.1) is 11.3 Å². The SMILES string of the molecule is CC(C)CC(NC(=O)OC(C)(C)C)c1cc(CC(C)(C)C(=O)O)on1. The summed E-state index contributed by atoms with van der Waals surface area (Å²) in [6.45, 7) is 12.7. The number of aliphatic carboxylic acids is 1. The van der Waals surface area contributed by atoms with Gasteiger partial charge in [0, 0.05) is 12.5 Å². The first kappa shape index (κ1) is 21.0. The number of aromatic nitrogens is 1. The van der Waals surface area contributed by atoms with Gasteiger partial charge in [0.25, 0.3) is 0 Å². The number of nitrogens with one attached hydrogen (secondary N) is 1. The molecule has 142 valence electrons. The minimum atomic E-state index is -0.955. The van der Waals surface area contributed by atoms with Gasteiger partial charge in [-0.05, 0) is 47.0 Å². The van der Waals surface area contributed by atoms with Crippen molar-refractivity contribution in [3.8, 4) is 0 Å². The summed E-state index contributed by atoms with van der Waals surface area (Å²) in [7, 11) is 0. The fraction of sp³-hybridized carbons (Fsp3) is 0.722. The van der Waals surface area contributed by atoms with Crippen LogP contribution in [0.4, 0.5) is 4.79 Å². The molecule has 1 rings (SSSR count). The van der Waals surface area contributed by atoms with Crippen molar-refractivity contribution in [2.75, 3.05) is 0 Å². The van der Waals surface area contributed by atoms with Gasteiger partial charge in [0.15, 0.2) is 0 Å². The monoisotopic (exact) mass is 354 g/mol. The van der Waals surface area contributed by atoms with Crippen molar-refractivity contribution in [2.45, 2.75) is 73.0 Å². The molecule has 0 saturated heterocycles. The van der Waals surface area contributed by atoms with E-state index in [0.29, 0.717) is 23.8 Å². The second kappa shape index (κ2) is 7.89. The van der Waals surface area contributed by atoms with E-state index < -0.39 is 23.1 Å². The second-order valence-electron chi connectivity index (χ2n) is 8.41. The third-order valence-corrected chi connectivity index (χ3v) is 3.53. The number of amides is 1. The molecule has 1 amide bonds. The fourth-order valence-electron chi connectivity index (χ4n) is 2.26. The average Bonchev–Trinajstić information content (AvgIpc) is 2.82. The fourth-order valence-corrected chi connectivity index (χ4v) is 2.26. The van der Waals surface area contributed by atoms with E-state index in [2.05, 4.69) is 10.5 Å². The molecule has 7 nitrogen and oxygen atoms in total. The van der Waals surface area contributed by atoms with Gasteiger partial charge in [-0.1, -0.05) is 19.0 Å². The highest BCUT2D eigenvalue weighted by Crippen LogP contribution is 2.26. The van der Waals surface area contributed by atoms with E-state index in [0.717, 1.165) is 0 Å². The largest absolute Gasteiger partial charge is 0.481 e. The van der Waals surface area contributed by atoms with Gasteiger partial charge >= 0.3 is 12.1 Å². The lowest BCUT2D eigenvalue weighted by Crippen LogP contribution is -2.35. The predicted octanol–water partition coefficient (Wildman–Crippen LogP) is 3.94. The van der Waals surface area contributed by atoms with Gasteiger partial charge in [-0.25, -0.2) is 4.79 Å². The molecule has 0 aromatic carbocycles. The van der Waals surface area contributed by atoms with Crippen LogP contribution in [0.15, 0.2) is 10.6 Å². The van der Waals surface area contributed by atoms with Gasteiger partial charge in [0.2, 0.25) is 0 Å². The molecule has 0 aliphatic rings. The molecule has 0 aliphatic heterocycles. The molecule has 0 spiro atoms. The zero-order chi connectivity index (χ0) is 19.4. The Kier molecular flexibility index (Phi) is 6.62. The third kappa shape index (κ3) is 7.15. The molecular formula is C18H30N2O5. The first-order valence-corrected chi connectivity index (χ1v) is 8.48. The molecule has 0 aliphatic carbocycles. The minimum absolute atomic E-state index is 0.218. The van der Waals surface area contributed by atoms with Gasteiger partial charge < -0.3 is 19.7 Å². The van der Waals surface area contributed by atoms with Crippen LogP contribution in [0.1, 0.15) is 72.4 Å². The van der Waals surface area contributed by atoms with E-state index >= 15 is 0 Å². The van der Waals surface area contributed by atoms with Crippen molar-refractivity contribution in [2.24, 2.45) is 11.3 Å². The zero-order valence-corrected chi connectivity index (χ0v) is 16.2. The number of ether oxygens (including phenoxy) is 1. The number of carboxylic acids is 1. The van der Waals surface area contributed by atoms with Crippen LogP contribution in [-0.4, -0.2) is 27.9 Å². The maximum Gasteiger partial charge on any atom is 0.408 e. The molecule has 2 N–H and O–H groups in total. The zero-order valence-electron chi connectivity index (χ0n) is 16.2. The Morgan fingerprint density at radius 1 is 1.28 bits per heavy atom. The van der Waals surface area contributed by atoms with E-state index in [1.54, 1.807) is 40.7 Å². The Labute approximate surface area is 149 Å². The van der Waals surface area contributed by atoms with Crippen LogP contribution in [0.2, 0.25) is 0 Å². The summed E-state index contributed by atoms with van der Waals surface area (Å²) >= 11 is 0. The summed E-state index contributed by atoms with van der Waals surface area (Å²) in [5, 5.41) is 16.1. The van der Waals surface area contributed by atoms with Crippen LogP contribution in [0.5, 0.6) is 0 Å². The van der Waals surface area contributed by atoms with Gasteiger partial charge in [-0.3, -0.25) is 4.79 Å². The number of rotatable bonds is 7. The van der Waals surface area contributed by atoms with Crippen LogP contribution >= 0.6 is 0 Å². The van der Waals surface area contributed by atoms with Crippen molar-refractivity contribution in [3.63, 3.8) is 0 Å². The maximum atomic E-state index is 12.1. The number of alkyl carbamates (subject to hydrolysis) is 1. The summed E-state index contributed by atoms with van der Waals surface area (Å²) in [6, 6.07) is 1.34. The molecule has 1 aromatic rings. The lowest BCUT2D eigenvalue weighted by Gasteiger charge is -2.23. The molecule has 0 fully saturated rings. The van der Waals surface area contributed by atoms with Crippen molar-refractivity contribution in [3.05, 3.63) is 17.5 Å². The first-order chi connectivity index (χ1) is 11.3. The number of hydrogen-bond acceptors (Lipinski definition) is 5. The van der Waals surface area contributed by atoms with Gasteiger partial charge in [-0.15, -0.1) is 0 Å². The molecular weight excluding hydrogens is 324 g/mol. The molecule has 25 heavy (non-hydrogen) atoms. The summed E-state index contributed by atoms with van der Waals surface area (Å²) in [6.07, 6.45) is 0.359. The van der Waals surface area contributed by atoms with Crippen LogP contribution in [-0.2, 0) is 16.0 Å². The number of carboxylic acid groups (broad SMARTS) is 1. The molecule has 0 saturated carbocycles. The number of hydrogen-bond donors (Lipinski definition) is 2. The maximum absolute atomic E-state index is 12.1. The van der Waals surface area contributed by atoms with Crippen LogP contribution in [0.3, 0.4) is 0 Å². The van der Waals surface area contributed by atoms with Crippen molar-refractivity contribution < 1.29 is 24.0 Å². The Hall–Kier alpha value is -2.05. The summed E-state index contributed by atoms with van der Waals surface area (Å²) < 4.78 is 10.6. The van der Waals surface area contributed by atoms with Gasteiger partial charge in [-0.2, -0.15) is 0 Å². The summed E-state index contributed by atoms with van der Waals surface area (Å²) in [5.74, 6) is -0.117. The molecule has 0 radical (unpaired) electrons. The highest BCUT2D eigenvalue weighted by molar-refractivity contribution is 5.73. The Morgan fingerprint density at radius 3 is 2.36 bits per heavy atom. The van der Waals surface area contributed by atoms with Crippen molar-refractivity contribution >= 4 is 12.1 Å². The normalized spacial score (nSPS) is 13.6. The number of carbonyl (C=O) groups excluding carboxylic acids is 1. The smallest absolute Gasteiger partial charge is 0.408 e. The highest BCUT2D eigenvalue weighted by Gasteiger charge is 2.30. The van der Waals surface area contributed by atoms with Gasteiger partial charge in [0.05, 0.1) is 11.5 Å². The van der Waals surface area contributed by atoms with E-state index in [1.807, 2.05) is 13.8 Å². The van der Waals surface area contributed by atoms with Gasteiger partial charge in [0.1, 0.15) is 17.1 Å². The Balaban J connectivity index is 2.90. The van der Waals surface area contributed by atoms with E-state index in [9.17, 15) is 14.7 Å². The molecule has 1 atom stereocenters.